The Morgan fingerprint density at radius 3 is 2.03 bits per heavy atom. The normalized spacial score (nSPS) is 11.5. The number of alkyl halides is 2. The molecule has 4 aromatic carbocycles. The molecule has 0 bridgehead atoms. The molecule has 0 aliphatic rings. The highest BCUT2D eigenvalue weighted by Crippen LogP contribution is 2.36. The molecule has 4 aromatic rings. The number of aryl methyl sites for hydroxylation is 1. The maximum atomic E-state index is 15.1. The van der Waals surface area contributed by atoms with Crippen molar-refractivity contribution in [3.63, 3.8) is 0 Å². The van der Waals surface area contributed by atoms with Gasteiger partial charge in [0.15, 0.2) is 17.4 Å². The van der Waals surface area contributed by atoms with Crippen LogP contribution >= 0.6 is 0 Å². The molecule has 0 radical (unpaired) electrons. The first-order valence-electron chi connectivity index (χ1n) is 12.3. The molecule has 0 heterocycles. The first-order chi connectivity index (χ1) is 18.2. The fourth-order valence-corrected chi connectivity index (χ4v) is 4.56. The van der Waals surface area contributed by atoms with E-state index < -0.39 is 41.4 Å². The SMILES string of the molecule is CCCCCCCc1cc(F)c(-c2ccc(-c3ccc4c(F)c(OC(F)F)c(F)cc4c3)c(F)c2)c(F)c1. The number of ether oxygens (including phenoxy) is 1. The molecule has 1 nitrogen and oxygen atoms in total. The van der Waals surface area contributed by atoms with Crippen LogP contribution in [0.2, 0.25) is 0 Å². The summed E-state index contributed by atoms with van der Waals surface area (Å²) in [5, 5.41) is -0.206. The Bertz CT molecular complexity index is 1430. The summed E-state index contributed by atoms with van der Waals surface area (Å²) >= 11 is 0. The Morgan fingerprint density at radius 2 is 1.37 bits per heavy atom. The lowest BCUT2D eigenvalue weighted by atomic mass is 9.96. The van der Waals surface area contributed by atoms with Crippen LogP contribution < -0.4 is 4.74 Å². The van der Waals surface area contributed by atoms with Crippen molar-refractivity contribution in [3.8, 4) is 28.0 Å². The van der Waals surface area contributed by atoms with Crippen molar-refractivity contribution in [1.29, 1.82) is 0 Å². The molecule has 0 saturated carbocycles. The molecule has 0 fully saturated rings. The highest BCUT2D eigenvalue weighted by molar-refractivity contribution is 5.89. The van der Waals surface area contributed by atoms with E-state index in [9.17, 15) is 26.3 Å². The number of benzene rings is 4. The van der Waals surface area contributed by atoms with E-state index in [1.807, 2.05) is 0 Å². The Balaban J connectivity index is 1.61. The Morgan fingerprint density at radius 1 is 0.684 bits per heavy atom. The van der Waals surface area contributed by atoms with E-state index in [1.54, 1.807) is 0 Å². The van der Waals surface area contributed by atoms with Crippen molar-refractivity contribution in [1.82, 2.24) is 0 Å². The fraction of sp³-hybridized carbons (Fsp3) is 0.267. The summed E-state index contributed by atoms with van der Waals surface area (Å²) < 4.78 is 102. The minimum absolute atomic E-state index is 0.00223. The highest BCUT2D eigenvalue weighted by atomic mass is 19.3. The van der Waals surface area contributed by atoms with Gasteiger partial charge in [-0.2, -0.15) is 8.78 Å². The summed E-state index contributed by atoms with van der Waals surface area (Å²) in [5.41, 5.74) is 0.438. The molecule has 0 aliphatic heterocycles. The van der Waals surface area contributed by atoms with Gasteiger partial charge in [0, 0.05) is 10.9 Å². The predicted octanol–water partition coefficient (Wildman–Crippen LogP) is 9.98. The van der Waals surface area contributed by atoms with Gasteiger partial charge in [-0.15, -0.1) is 0 Å². The van der Waals surface area contributed by atoms with Crippen LogP contribution in [0.5, 0.6) is 5.75 Å². The van der Waals surface area contributed by atoms with Gasteiger partial charge in [-0.05, 0) is 65.3 Å². The zero-order chi connectivity index (χ0) is 27.4. The van der Waals surface area contributed by atoms with Crippen molar-refractivity contribution in [2.45, 2.75) is 52.1 Å². The molecule has 8 heteroatoms. The van der Waals surface area contributed by atoms with E-state index in [4.69, 9.17) is 0 Å². The molecule has 38 heavy (non-hydrogen) atoms. The summed E-state index contributed by atoms with van der Waals surface area (Å²) in [6.45, 7) is -1.31. The average molecular weight is 535 g/mol. The number of hydrogen-bond acceptors (Lipinski definition) is 1. The molecule has 0 spiro atoms. The van der Waals surface area contributed by atoms with Crippen molar-refractivity contribution in [2.75, 3.05) is 0 Å². The van der Waals surface area contributed by atoms with Crippen LogP contribution in [-0.2, 0) is 6.42 Å². The topological polar surface area (TPSA) is 9.23 Å². The second-order valence-corrected chi connectivity index (χ2v) is 9.11. The number of unbranched alkanes of at least 4 members (excludes halogenated alkanes) is 4. The van der Waals surface area contributed by atoms with Gasteiger partial charge in [0.2, 0.25) is 0 Å². The van der Waals surface area contributed by atoms with E-state index >= 15 is 4.39 Å². The quantitative estimate of drug-likeness (QED) is 0.145. The van der Waals surface area contributed by atoms with Crippen LogP contribution in [0.4, 0.5) is 30.7 Å². The second-order valence-electron chi connectivity index (χ2n) is 9.11. The third-order valence-corrected chi connectivity index (χ3v) is 6.43. The Kier molecular flexibility index (Phi) is 8.59. The van der Waals surface area contributed by atoms with Crippen LogP contribution in [0.25, 0.3) is 33.0 Å². The highest BCUT2D eigenvalue weighted by Gasteiger charge is 2.20. The van der Waals surface area contributed by atoms with Crippen molar-refractivity contribution in [2.24, 2.45) is 0 Å². The average Bonchev–Trinajstić information content (AvgIpc) is 2.86. The molecule has 4 rings (SSSR count). The Labute approximate surface area is 215 Å². The van der Waals surface area contributed by atoms with Crippen LogP contribution in [-0.4, -0.2) is 6.61 Å². The maximum absolute atomic E-state index is 15.1. The molecular formula is C30H25F7O. The lowest BCUT2D eigenvalue weighted by Crippen LogP contribution is -2.06. The van der Waals surface area contributed by atoms with Crippen LogP contribution in [0.1, 0.15) is 44.6 Å². The van der Waals surface area contributed by atoms with Gasteiger partial charge in [0.25, 0.3) is 0 Å². The molecular weight excluding hydrogens is 509 g/mol. The van der Waals surface area contributed by atoms with Gasteiger partial charge in [-0.1, -0.05) is 56.9 Å². The van der Waals surface area contributed by atoms with Gasteiger partial charge in [-0.25, -0.2) is 22.0 Å². The third-order valence-electron chi connectivity index (χ3n) is 6.43. The van der Waals surface area contributed by atoms with Crippen molar-refractivity contribution >= 4 is 10.8 Å². The monoisotopic (exact) mass is 534 g/mol. The summed E-state index contributed by atoms with van der Waals surface area (Å²) in [7, 11) is 0. The molecule has 0 aromatic heterocycles. The second kappa shape index (κ2) is 11.9. The van der Waals surface area contributed by atoms with Crippen LogP contribution in [0, 0.1) is 29.1 Å². The molecule has 0 aliphatic carbocycles. The summed E-state index contributed by atoms with van der Waals surface area (Å²) in [5.74, 6) is -6.24. The zero-order valence-electron chi connectivity index (χ0n) is 20.6. The summed E-state index contributed by atoms with van der Waals surface area (Å²) in [6, 6.07) is 10.8. The van der Waals surface area contributed by atoms with Crippen molar-refractivity contribution in [3.05, 3.63) is 89.2 Å². The zero-order valence-corrected chi connectivity index (χ0v) is 20.6. The maximum Gasteiger partial charge on any atom is 0.387 e. The summed E-state index contributed by atoms with van der Waals surface area (Å²) in [4.78, 5) is 0. The van der Waals surface area contributed by atoms with E-state index in [0.717, 1.165) is 44.2 Å². The third kappa shape index (κ3) is 5.95. The van der Waals surface area contributed by atoms with Crippen LogP contribution in [0.3, 0.4) is 0 Å². The first-order valence-corrected chi connectivity index (χ1v) is 12.3. The van der Waals surface area contributed by atoms with Gasteiger partial charge in [0.05, 0.1) is 5.56 Å². The van der Waals surface area contributed by atoms with Crippen LogP contribution in [0.15, 0.2) is 54.6 Å². The molecule has 200 valence electrons. The van der Waals surface area contributed by atoms with Gasteiger partial charge in [0.1, 0.15) is 17.5 Å². The molecule has 0 saturated heterocycles. The number of fused-ring (bicyclic) bond motifs is 1. The predicted molar refractivity (Wildman–Crippen MR) is 134 cm³/mol. The Hall–Kier alpha value is -3.55. The first kappa shape index (κ1) is 27.5. The fourth-order valence-electron chi connectivity index (χ4n) is 4.56. The number of halogens is 7. The number of rotatable bonds is 10. The van der Waals surface area contributed by atoms with Crippen molar-refractivity contribution < 1.29 is 35.5 Å². The molecule has 0 amide bonds. The standard InChI is InChI=1S/C30H25F7O/c1-2-3-4-5-6-7-17-12-24(32)27(25(33)13-17)19-9-10-21(23(31)15-19)18-8-11-22-20(14-18)16-26(34)29(28(22)35)38-30(36)37/h8-16,30H,2-7H2,1H3. The van der Waals surface area contributed by atoms with E-state index in [-0.39, 0.29) is 33.0 Å². The van der Waals surface area contributed by atoms with E-state index in [2.05, 4.69) is 11.7 Å². The smallest absolute Gasteiger partial charge is 0.387 e. The van der Waals surface area contributed by atoms with E-state index in [0.29, 0.717) is 12.0 Å². The minimum Gasteiger partial charge on any atom is -0.429 e. The minimum atomic E-state index is -3.41. The van der Waals surface area contributed by atoms with Gasteiger partial charge < -0.3 is 4.74 Å². The largest absolute Gasteiger partial charge is 0.429 e. The van der Waals surface area contributed by atoms with E-state index in [1.165, 1.54) is 42.5 Å². The van der Waals surface area contributed by atoms with Gasteiger partial charge in [-0.3, -0.25) is 0 Å². The molecule has 0 unspecified atom stereocenters. The summed E-state index contributed by atoms with van der Waals surface area (Å²) in [6.07, 6.45) is 5.63. The lowest BCUT2D eigenvalue weighted by Gasteiger charge is -2.12. The van der Waals surface area contributed by atoms with Gasteiger partial charge >= 0.3 is 6.61 Å². The molecule has 0 N–H and O–H groups in total. The molecule has 0 atom stereocenters. The number of hydrogen-bond donors (Lipinski definition) is 0. The lowest BCUT2D eigenvalue weighted by molar-refractivity contribution is -0.0544.